The molecule has 1 N–H and O–H groups in total. The van der Waals surface area contributed by atoms with E-state index in [0.717, 1.165) is 30.3 Å². The monoisotopic (exact) mass is 375 g/mol. The molecule has 0 unspecified atom stereocenters. The minimum Gasteiger partial charge on any atom is -0.497 e. The summed E-state index contributed by atoms with van der Waals surface area (Å²) in [7, 11) is 3.28. The van der Waals surface area contributed by atoms with Crippen LogP contribution in [0.15, 0.2) is 42.5 Å². The van der Waals surface area contributed by atoms with Crippen LogP contribution in [0.4, 0.5) is 16.2 Å². The molecule has 1 saturated heterocycles. The molecule has 2 aromatic carbocycles. The summed E-state index contributed by atoms with van der Waals surface area (Å²) in [6, 6.07) is 12.8. The van der Waals surface area contributed by atoms with Gasteiger partial charge in [0, 0.05) is 43.0 Å². The van der Waals surface area contributed by atoms with E-state index in [4.69, 9.17) is 21.1 Å². The summed E-state index contributed by atoms with van der Waals surface area (Å²) in [6.45, 7) is 2.71. The molecule has 0 saturated carbocycles. The highest BCUT2D eigenvalue weighted by Gasteiger charge is 2.23. The third-order valence-electron chi connectivity index (χ3n) is 4.37. The fourth-order valence-corrected chi connectivity index (χ4v) is 3.16. The Balaban J connectivity index is 1.61. The first-order valence-electron chi connectivity index (χ1n) is 8.39. The molecule has 6 nitrogen and oxygen atoms in total. The van der Waals surface area contributed by atoms with E-state index in [2.05, 4.69) is 10.2 Å². The van der Waals surface area contributed by atoms with Crippen molar-refractivity contribution >= 4 is 29.0 Å². The summed E-state index contributed by atoms with van der Waals surface area (Å²) in [5.74, 6) is 1.52. The molecule has 138 valence electrons. The summed E-state index contributed by atoms with van der Waals surface area (Å²) in [5, 5.41) is 3.48. The molecule has 0 spiro atoms. The predicted molar refractivity (Wildman–Crippen MR) is 104 cm³/mol. The largest absolute Gasteiger partial charge is 0.497 e. The van der Waals surface area contributed by atoms with Crippen molar-refractivity contribution in [2.24, 2.45) is 0 Å². The van der Waals surface area contributed by atoms with E-state index < -0.39 is 0 Å². The van der Waals surface area contributed by atoms with E-state index in [1.54, 1.807) is 31.3 Å². The van der Waals surface area contributed by atoms with Gasteiger partial charge < -0.3 is 24.6 Å². The lowest BCUT2D eigenvalue weighted by atomic mass is 10.2. The summed E-state index contributed by atoms with van der Waals surface area (Å²) >= 11 is 5.96. The summed E-state index contributed by atoms with van der Waals surface area (Å²) in [4.78, 5) is 16.4. The number of halogens is 1. The number of amides is 2. The number of ether oxygens (including phenoxy) is 2. The first-order chi connectivity index (χ1) is 12.6. The maximum atomic E-state index is 12.4. The van der Waals surface area contributed by atoms with Crippen molar-refractivity contribution < 1.29 is 14.3 Å². The van der Waals surface area contributed by atoms with Crippen molar-refractivity contribution in [3.63, 3.8) is 0 Å². The molecule has 0 atom stereocenters. The smallest absolute Gasteiger partial charge is 0.321 e. The third kappa shape index (κ3) is 4.14. The maximum absolute atomic E-state index is 12.4. The zero-order chi connectivity index (χ0) is 18.5. The number of carbonyl (C=O) groups excluding carboxylic acids is 1. The SMILES string of the molecule is COc1ccc(N2CCN(C(=O)Nc3cccc(Cl)c3)CC2)c(OC)c1. The van der Waals surface area contributed by atoms with Gasteiger partial charge >= 0.3 is 6.03 Å². The maximum Gasteiger partial charge on any atom is 0.321 e. The topological polar surface area (TPSA) is 54.0 Å². The number of methoxy groups -OCH3 is 2. The minimum atomic E-state index is -0.117. The molecule has 1 fully saturated rings. The van der Waals surface area contributed by atoms with Crippen LogP contribution in [0.25, 0.3) is 0 Å². The van der Waals surface area contributed by atoms with Gasteiger partial charge in [0.2, 0.25) is 0 Å². The van der Waals surface area contributed by atoms with E-state index in [1.165, 1.54) is 0 Å². The van der Waals surface area contributed by atoms with Crippen LogP contribution in [0, 0.1) is 0 Å². The number of anilines is 2. The van der Waals surface area contributed by atoms with Crippen molar-refractivity contribution in [3.8, 4) is 11.5 Å². The molecular formula is C19H22ClN3O3. The number of hydrogen-bond acceptors (Lipinski definition) is 4. The molecule has 26 heavy (non-hydrogen) atoms. The lowest BCUT2D eigenvalue weighted by Gasteiger charge is -2.36. The summed E-state index contributed by atoms with van der Waals surface area (Å²) in [6.07, 6.45) is 0. The van der Waals surface area contributed by atoms with Gasteiger partial charge in [-0.25, -0.2) is 4.79 Å². The summed E-state index contributed by atoms with van der Waals surface area (Å²) in [5.41, 5.74) is 1.70. The second-order valence-electron chi connectivity index (χ2n) is 5.95. The molecule has 2 aromatic rings. The fraction of sp³-hybridized carbons (Fsp3) is 0.316. The van der Waals surface area contributed by atoms with Crippen molar-refractivity contribution in [2.45, 2.75) is 0 Å². The standard InChI is InChI=1S/C19H22ClN3O3/c1-25-16-6-7-17(18(13-16)26-2)22-8-10-23(11-9-22)19(24)21-15-5-3-4-14(20)12-15/h3-7,12-13H,8-11H2,1-2H3,(H,21,24). The van der Waals surface area contributed by atoms with E-state index >= 15 is 0 Å². The Bertz CT molecular complexity index is 776. The molecular weight excluding hydrogens is 354 g/mol. The zero-order valence-electron chi connectivity index (χ0n) is 14.9. The molecule has 0 bridgehead atoms. The first kappa shape index (κ1) is 18.2. The number of nitrogens with zero attached hydrogens (tertiary/aromatic N) is 2. The third-order valence-corrected chi connectivity index (χ3v) is 4.61. The predicted octanol–water partition coefficient (Wildman–Crippen LogP) is 3.71. The second kappa shape index (κ2) is 8.19. The van der Waals surface area contributed by atoms with Crippen molar-refractivity contribution in [3.05, 3.63) is 47.5 Å². The van der Waals surface area contributed by atoms with Crippen LogP contribution < -0.4 is 19.7 Å². The second-order valence-corrected chi connectivity index (χ2v) is 6.39. The van der Waals surface area contributed by atoms with Gasteiger partial charge in [-0.2, -0.15) is 0 Å². The van der Waals surface area contributed by atoms with Crippen LogP contribution in [-0.4, -0.2) is 51.3 Å². The lowest BCUT2D eigenvalue weighted by Crippen LogP contribution is -2.50. The highest BCUT2D eigenvalue weighted by molar-refractivity contribution is 6.30. The molecule has 1 aliphatic heterocycles. The van der Waals surface area contributed by atoms with E-state index in [1.807, 2.05) is 30.3 Å². The van der Waals surface area contributed by atoms with Gasteiger partial charge in [0.15, 0.2) is 0 Å². The van der Waals surface area contributed by atoms with Crippen molar-refractivity contribution in [2.75, 3.05) is 50.6 Å². The van der Waals surface area contributed by atoms with Crippen LogP contribution in [0.3, 0.4) is 0 Å². The van der Waals surface area contributed by atoms with Crippen LogP contribution in [0.1, 0.15) is 0 Å². The van der Waals surface area contributed by atoms with Gasteiger partial charge in [0.05, 0.1) is 19.9 Å². The average molecular weight is 376 g/mol. The Kier molecular flexibility index (Phi) is 5.73. The van der Waals surface area contributed by atoms with Gasteiger partial charge in [-0.15, -0.1) is 0 Å². The molecule has 0 radical (unpaired) electrons. The van der Waals surface area contributed by atoms with Crippen LogP contribution >= 0.6 is 11.6 Å². The molecule has 3 rings (SSSR count). The number of benzene rings is 2. The first-order valence-corrected chi connectivity index (χ1v) is 8.77. The highest BCUT2D eigenvalue weighted by atomic mass is 35.5. The number of piperazine rings is 1. The van der Waals surface area contributed by atoms with Gasteiger partial charge in [-0.1, -0.05) is 17.7 Å². The van der Waals surface area contributed by atoms with Crippen LogP contribution in [0.2, 0.25) is 5.02 Å². The van der Waals surface area contributed by atoms with Gasteiger partial charge in [0.25, 0.3) is 0 Å². The van der Waals surface area contributed by atoms with Gasteiger partial charge in [0.1, 0.15) is 11.5 Å². The Morgan fingerprint density at radius 1 is 1.04 bits per heavy atom. The van der Waals surface area contributed by atoms with Crippen LogP contribution in [0.5, 0.6) is 11.5 Å². The Hall–Kier alpha value is -2.60. The lowest BCUT2D eigenvalue weighted by molar-refractivity contribution is 0.208. The number of hydrogen-bond donors (Lipinski definition) is 1. The van der Waals surface area contributed by atoms with Crippen molar-refractivity contribution in [1.29, 1.82) is 0 Å². The van der Waals surface area contributed by atoms with E-state index in [0.29, 0.717) is 23.8 Å². The van der Waals surface area contributed by atoms with Gasteiger partial charge in [-0.3, -0.25) is 0 Å². The molecule has 1 heterocycles. The van der Waals surface area contributed by atoms with E-state index in [9.17, 15) is 4.79 Å². The Morgan fingerprint density at radius 3 is 2.46 bits per heavy atom. The number of nitrogens with one attached hydrogen (secondary N) is 1. The molecule has 1 aliphatic rings. The zero-order valence-corrected chi connectivity index (χ0v) is 15.6. The van der Waals surface area contributed by atoms with E-state index in [-0.39, 0.29) is 6.03 Å². The van der Waals surface area contributed by atoms with Crippen LogP contribution in [-0.2, 0) is 0 Å². The van der Waals surface area contributed by atoms with Crippen molar-refractivity contribution in [1.82, 2.24) is 4.90 Å². The van der Waals surface area contributed by atoms with Gasteiger partial charge in [-0.05, 0) is 30.3 Å². The fourth-order valence-electron chi connectivity index (χ4n) is 2.97. The molecule has 0 aromatic heterocycles. The number of rotatable bonds is 4. The number of urea groups is 1. The molecule has 2 amide bonds. The summed E-state index contributed by atoms with van der Waals surface area (Å²) < 4.78 is 10.7. The molecule has 0 aliphatic carbocycles. The Morgan fingerprint density at radius 2 is 1.81 bits per heavy atom. The normalized spacial score (nSPS) is 14.1. The number of carbonyl (C=O) groups is 1. The quantitative estimate of drug-likeness (QED) is 0.885. The molecule has 7 heteroatoms. The minimum absolute atomic E-state index is 0.117. The highest BCUT2D eigenvalue weighted by Crippen LogP contribution is 2.32. The average Bonchev–Trinajstić information content (AvgIpc) is 2.67. The Labute approximate surface area is 158 Å².